The van der Waals surface area contributed by atoms with Crippen molar-refractivity contribution in [2.75, 3.05) is 20.2 Å². The highest BCUT2D eigenvalue weighted by Crippen LogP contribution is 2.12. The fourth-order valence-electron chi connectivity index (χ4n) is 2.05. The Morgan fingerprint density at radius 1 is 1.56 bits per heavy atom. The lowest BCUT2D eigenvalue weighted by molar-refractivity contribution is -0.131. The van der Waals surface area contributed by atoms with E-state index in [0.717, 1.165) is 19.4 Å². The number of hydrogen-bond acceptors (Lipinski definition) is 3. The highest BCUT2D eigenvalue weighted by Gasteiger charge is 2.20. The molecule has 18 heavy (non-hydrogen) atoms. The van der Waals surface area contributed by atoms with Crippen LogP contribution in [0.1, 0.15) is 12.8 Å². The molecule has 0 aliphatic carbocycles. The number of likely N-dealkylation sites (N-methyl/N-ethyl adjacent to an activating group) is 1. The first kappa shape index (κ1) is 12.8. The number of ether oxygens (including phenoxy) is 1. The number of pyridine rings is 1. The van der Waals surface area contributed by atoms with Gasteiger partial charge in [0, 0.05) is 32.5 Å². The molecule has 0 bridgehead atoms. The predicted octanol–water partition coefficient (Wildman–Crippen LogP) is 0.486. The Morgan fingerprint density at radius 3 is 3.06 bits per heavy atom. The van der Waals surface area contributed by atoms with Crippen molar-refractivity contribution in [3.8, 4) is 0 Å². The summed E-state index contributed by atoms with van der Waals surface area (Å²) in [7, 11) is 1.75. The first-order valence-corrected chi connectivity index (χ1v) is 6.18. The fraction of sp³-hybridized carbons (Fsp3) is 0.538. The Balaban J connectivity index is 1.91. The third-order valence-corrected chi connectivity index (χ3v) is 3.13. The van der Waals surface area contributed by atoms with Gasteiger partial charge < -0.3 is 14.2 Å². The Hall–Kier alpha value is -1.62. The second-order valence-corrected chi connectivity index (χ2v) is 4.58. The van der Waals surface area contributed by atoms with Crippen molar-refractivity contribution in [1.29, 1.82) is 0 Å². The van der Waals surface area contributed by atoms with E-state index in [4.69, 9.17) is 4.74 Å². The van der Waals surface area contributed by atoms with Crippen molar-refractivity contribution in [2.45, 2.75) is 25.5 Å². The van der Waals surface area contributed by atoms with Crippen molar-refractivity contribution in [3.63, 3.8) is 0 Å². The maximum absolute atomic E-state index is 12.0. The van der Waals surface area contributed by atoms with Gasteiger partial charge in [0.15, 0.2) is 0 Å². The van der Waals surface area contributed by atoms with Gasteiger partial charge in [0.1, 0.15) is 6.54 Å². The molecule has 0 aromatic carbocycles. The summed E-state index contributed by atoms with van der Waals surface area (Å²) < 4.78 is 6.90. The summed E-state index contributed by atoms with van der Waals surface area (Å²) in [6, 6.07) is 4.86. The van der Waals surface area contributed by atoms with E-state index in [2.05, 4.69) is 0 Å². The summed E-state index contributed by atoms with van der Waals surface area (Å²) in [5.41, 5.74) is -0.156. The molecule has 1 aliphatic heterocycles. The smallest absolute Gasteiger partial charge is 0.250 e. The maximum Gasteiger partial charge on any atom is 0.250 e. The van der Waals surface area contributed by atoms with Crippen molar-refractivity contribution < 1.29 is 9.53 Å². The summed E-state index contributed by atoms with van der Waals surface area (Å²) in [6.45, 7) is 1.47. The second-order valence-electron chi connectivity index (χ2n) is 4.58. The summed E-state index contributed by atoms with van der Waals surface area (Å²) in [5, 5.41) is 0. The molecule has 2 rings (SSSR count). The topological polar surface area (TPSA) is 51.5 Å². The van der Waals surface area contributed by atoms with Crippen LogP contribution in [0.2, 0.25) is 0 Å². The quantitative estimate of drug-likeness (QED) is 0.781. The third kappa shape index (κ3) is 3.20. The predicted molar refractivity (Wildman–Crippen MR) is 67.3 cm³/mol. The minimum atomic E-state index is -0.156. The van der Waals surface area contributed by atoms with Gasteiger partial charge in [-0.2, -0.15) is 0 Å². The summed E-state index contributed by atoms with van der Waals surface area (Å²) >= 11 is 0. The van der Waals surface area contributed by atoms with Crippen LogP contribution in [-0.4, -0.2) is 41.7 Å². The first-order chi connectivity index (χ1) is 8.66. The van der Waals surface area contributed by atoms with Gasteiger partial charge in [-0.25, -0.2) is 0 Å². The number of nitrogens with zero attached hydrogens (tertiary/aromatic N) is 2. The minimum Gasteiger partial charge on any atom is -0.376 e. The molecule has 0 radical (unpaired) electrons. The van der Waals surface area contributed by atoms with Crippen LogP contribution in [0.15, 0.2) is 29.2 Å². The standard InChI is InChI=1S/C13H18N2O3/c1-14(9-11-5-4-8-18-11)13(17)10-15-7-3-2-6-12(15)16/h2-3,6-7,11H,4-5,8-10H2,1H3. The van der Waals surface area contributed by atoms with E-state index in [1.165, 1.54) is 10.6 Å². The zero-order valence-electron chi connectivity index (χ0n) is 10.5. The number of amides is 1. The van der Waals surface area contributed by atoms with Crippen molar-refractivity contribution in [3.05, 3.63) is 34.7 Å². The summed E-state index contributed by atoms with van der Waals surface area (Å²) in [4.78, 5) is 25.1. The molecule has 5 heteroatoms. The molecule has 0 spiro atoms. The lowest BCUT2D eigenvalue weighted by Gasteiger charge is -2.21. The Morgan fingerprint density at radius 2 is 2.39 bits per heavy atom. The molecule has 2 heterocycles. The van der Waals surface area contributed by atoms with Gasteiger partial charge >= 0.3 is 0 Å². The van der Waals surface area contributed by atoms with Gasteiger partial charge in [0.05, 0.1) is 6.10 Å². The molecule has 98 valence electrons. The number of carbonyl (C=O) groups excluding carboxylic acids is 1. The zero-order valence-corrected chi connectivity index (χ0v) is 10.5. The lowest BCUT2D eigenvalue weighted by Crippen LogP contribution is -2.37. The van der Waals surface area contributed by atoms with Crippen molar-refractivity contribution in [2.24, 2.45) is 0 Å². The number of aromatic nitrogens is 1. The molecule has 1 atom stereocenters. The average Bonchev–Trinajstić information content (AvgIpc) is 2.84. The van der Waals surface area contributed by atoms with Crippen molar-refractivity contribution >= 4 is 5.91 Å². The van der Waals surface area contributed by atoms with Gasteiger partial charge in [-0.3, -0.25) is 9.59 Å². The van der Waals surface area contributed by atoms with E-state index in [9.17, 15) is 9.59 Å². The summed E-state index contributed by atoms with van der Waals surface area (Å²) in [6.07, 6.45) is 3.83. The number of hydrogen-bond donors (Lipinski definition) is 0. The minimum absolute atomic E-state index is 0.0706. The van der Waals surface area contributed by atoms with E-state index in [0.29, 0.717) is 6.54 Å². The fourth-order valence-corrected chi connectivity index (χ4v) is 2.05. The van der Waals surface area contributed by atoms with Crippen LogP contribution in [0.25, 0.3) is 0 Å². The monoisotopic (exact) mass is 250 g/mol. The van der Waals surface area contributed by atoms with E-state index in [-0.39, 0.29) is 24.1 Å². The first-order valence-electron chi connectivity index (χ1n) is 6.18. The number of rotatable bonds is 4. The third-order valence-electron chi connectivity index (χ3n) is 3.13. The molecule has 1 aromatic rings. The normalized spacial score (nSPS) is 18.8. The van der Waals surface area contributed by atoms with Crippen LogP contribution in [0.5, 0.6) is 0 Å². The molecular formula is C13H18N2O3. The van der Waals surface area contributed by atoms with Gasteiger partial charge in [-0.1, -0.05) is 6.07 Å². The highest BCUT2D eigenvalue weighted by molar-refractivity contribution is 5.75. The molecule has 1 aliphatic rings. The zero-order chi connectivity index (χ0) is 13.0. The molecule has 1 saturated heterocycles. The van der Waals surface area contributed by atoms with E-state index in [1.807, 2.05) is 0 Å². The molecule has 1 amide bonds. The molecule has 0 N–H and O–H groups in total. The Bertz CT molecular complexity index is 463. The molecule has 1 unspecified atom stereocenters. The average molecular weight is 250 g/mol. The van der Waals surface area contributed by atoms with Crippen LogP contribution in [0, 0.1) is 0 Å². The van der Waals surface area contributed by atoms with E-state index in [1.54, 1.807) is 30.3 Å². The van der Waals surface area contributed by atoms with Gasteiger partial charge in [-0.05, 0) is 18.9 Å². The highest BCUT2D eigenvalue weighted by atomic mass is 16.5. The molecule has 0 saturated carbocycles. The van der Waals surface area contributed by atoms with Gasteiger partial charge in [0.2, 0.25) is 5.91 Å². The van der Waals surface area contributed by atoms with Crippen LogP contribution in [0.3, 0.4) is 0 Å². The van der Waals surface area contributed by atoms with Gasteiger partial charge in [-0.15, -0.1) is 0 Å². The summed E-state index contributed by atoms with van der Waals surface area (Å²) in [5.74, 6) is -0.0706. The van der Waals surface area contributed by atoms with Crippen molar-refractivity contribution in [1.82, 2.24) is 9.47 Å². The molecular weight excluding hydrogens is 232 g/mol. The maximum atomic E-state index is 12.0. The molecule has 1 fully saturated rings. The Kier molecular flexibility index (Phi) is 4.15. The molecule has 5 nitrogen and oxygen atoms in total. The molecule has 1 aromatic heterocycles. The second kappa shape index (κ2) is 5.82. The lowest BCUT2D eigenvalue weighted by atomic mass is 10.2. The largest absolute Gasteiger partial charge is 0.376 e. The van der Waals surface area contributed by atoms with Crippen LogP contribution in [0.4, 0.5) is 0 Å². The van der Waals surface area contributed by atoms with Crippen LogP contribution in [-0.2, 0) is 16.1 Å². The number of carbonyl (C=O) groups is 1. The SMILES string of the molecule is CN(CC1CCCO1)C(=O)Cn1ccccc1=O. The van der Waals surface area contributed by atoms with Crippen LogP contribution >= 0.6 is 0 Å². The van der Waals surface area contributed by atoms with Crippen LogP contribution < -0.4 is 5.56 Å². The Labute approximate surface area is 106 Å². The van der Waals surface area contributed by atoms with E-state index < -0.39 is 0 Å². The van der Waals surface area contributed by atoms with Gasteiger partial charge in [0.25, 0.3) is 5.56 Å². The van der Waals surface area contributed by atoms with E-state index >= 15 is 0 Å².